The number of hydrogen-bond acceptors (Lipinski definition) is 3. The molecule has 1 aromatic carbocycles. The van der Waals surface area contributed by atoms with E-state index in [4.69, 9.17) is 14.7 Å². The van der Waals surface area contributed by atoms with Crippen LogP contribution in [0.15, 0.2) is 12.1 Å². The minimum atomic E-state index is 0.561. The van der Waals surface area contributed by atoms with Gasteiger partial charge >= 0.3 is 0 Å². The van der Waals surface area contributed by atoms with Crippen molar-refractivity contribution in [2.45, 2.75) is 13.8 Å². The van der Waals surface area contributed by atoms with Gasteiger partial charge in [0.1, 0.15) is 0 Å². The van der Waals surface area contributed by atoms with Crippen LogP contribution < -0.4 is 9.47 Å². The van der Waals surface area contributed by atoms with Gasteiger partial charge < -0.3 is 9.47 Å². The van der Waals surface area contributed by atoms with Gasteiger partial charge in [0.05, 0.1) is 28.4 Å². The SMILES string of the molecule is CCOc1cc(C#N)cc(I)c1OCC. The van der Waals surface area contributed by atoms with E-state index < -0.39 is 0 Å². The highest BCUT2D eigenvalue weighted by atomic mass is 127. The Morgan fingerprint density at radius 2 is 1.93 bits per heavy atom. The van der Waals surface area contributed by atoms with Crippen LogP contribution in [0.4, 0.5) is 0 Å². The normalized spacial score (nSPS) is 9.47. The molecule has 0 amide bonds. The molecule has 0 bridgehead atoms. The molecular formula is C11H12INO2. The average Bonchev–Trinajstić information content (AvgIpc) is 2.23. The summed E-state index contributed by atoms with van der Waals surface area (Å²) in [4.78, 5) is 0. The van der Waals surface area contributed by atoms with Crippen molar-refractivity contribution in [2.75, 3.05) is 13.2 Å². The highest BCUT2D eigenvalue weighted by Gasteiger charge is 2.11. The minimum absolute atomic E-state index is 0.561. The quantitative estimate of drug-likeness (QED) is 0.802. The van der Waals surface area contributed by atoms with E-state index in [0.717, 1.165) is 9.32 Å². The molecule has 15 heavy (non-hydrogen) atoms. The van der Waals surface area contributed by atoms with Crippen LogP contribution in [-0.2, 0) is 0 Å². The van der Waals surface area contributed by atoms with Crippen LogP contribution >= 0.6 is 22.6 Å². The summed E-state index contributed by atoms with van der Waals surface area (Å²) in [6.45, 7) is 4.97. The Bertz CT molecular complexity index is 385. The number of hydrogen-bond donors (Lipinski definition) is 0. The van der Waals surface area contributed by atoms with Crippen molar-refractivity contribution < 1.29 is 9.47 Å². The summed E-state index contributed by atoms with van der Waals surface area (Å²) < 4.78 is 11.8. The van der Waals surface area contributed by atoms with Gasteiger partial charge in [-0.05, 0) is 42.5 Å². The zero-order valence-corrected chi connectivity index (χ0v) is 10.9. The van der Waals surface area contributed by atoms with E-state index in [1.54, 1.807) is 12.1 Å². The van der Waals surface area contributed by atoms with Gasteiger partial charge in [-0.1, -0.05) is 0 Å². The van der Waals surface area contributed by atoms with E-state index in [-0.39, 0.29) is 0 Å². The zero-order valence-electron chi connectivity index (χ0n) is 8.71. The number of rotatable bonds is 4. The second kappa shape index (κ2) is 5.81. The molecule has 1 aromatic rings. The van der Waals surface area contributed by atoms with Gasteiger partial charge in [0, 0.05) is 6.07 Å². The van der Waals surface area contributed by atoms with Gasteiger partial charge in [-0.2, -0.15) is 5.26 Å². The number of benzene rings is 1. The van der Waals surface area contributed by atoms with Crippen LogP contribution in [0.2, 0.25) is 0 Å². The molecule has 80 valence electrons. The number of ether oxygens (including phenoxy) is 2. The van der Waals surface area contributed by atoms with Gasteiger partial charge in [-0.3, -0.25) is 0 Å². The fraction of sp³-hybridized carbons (Fsp3) is 0.364. The average molecular weight is 317 g/mol. The fourth-order valence-corrected chi connectivity index (χ4v) is 1.94. The minimum Gasteiger partial charge on any atom is -0.490 e. The van der Waals surface area contributed by atoms with Gasteiger partial charge in [0.25, 0.3) is 0 Å². The largest absolute Gasteiger partial charge is 0.490 e. The molecule has 0 aromatic heterocycles. The van der Waals surface area contributed by atoms with E-state index in [0.29, 0.717) is 24.5 Å². The summed E-state index contributed by atoms with van der Waals surface area (Å²) in [5.74, 6) is 1.36. The summed E-state index contributed by atoms with van der Waals surface area (Å²) >= 11 is 2.14. The Morgan fingerprint density at radius 3 is 2.47 bits per heavy atom. The molecule has 0 aliphatic carbocycles. The Kier molecular flexibility index (Phi) is 4.69. The molecule has 0 fully saturated rings. The molecule has 4 heteroatoms. The lowest BCUT2D eigenvalue weighted by molar-refractivity contribution is 0.286. The van der Waals surface area contributed by atoms with Crippen LogP contribution in [0, 0.1) is 14.9 Å². The summed E-state index contributed by atoms with van der Waals surface area (Å²) in [7, 11) is 0. The predicted molar refractivity (Wildman–Crippen MR) is 66.2 cm³/mol. The lowest BCUT2D eigenvalue weighted by Crippen LogP contribution is -2.00. The summed E-state index contributed by atoms with van der Waals surface area (Å²) in [5, 5.41) is 8.83. The molecule has 0 aliphatic heterocycles. The highest BCUT2D eigenvalue weighted by Crippen LogP contribution is 2.33. The molecule has 0 heterocycles. The Morgan fingerprint density at radius 1 is 1.27 bits per heavy atom. The van der Waals surface area contributed by atoms with Crippen LogP contribution in [-0.4, -0.2) is 13.2 Å². The number of nitriles is 1. The van der Waals surface area contributed by atoms with Crippen molar-refractivity contribution in [3.05, 3.63) is 21.3 Å². The maximum Gasteiger partial charge on any atom is 0.174 e. The number of nitrogens with zero attached hydrogens (tertiary/aromatic N) is 1. The van der Waals surface area contributed by atoms with Crippen LogP contribution in [0.3, 0.4) is 0 Å². The zero-order chi connectivity index (χ0) is 11.3. The standard InChI is InChI=1S/C11H12INO2/c1-3-14-10-6-8(7-13)5-9(12)11(10)15-4-2/h5-6H,3-4H2,1-2H3. The van der Waals surface area contributed by atoms with Crippen LogP contribution in [0.5, 0.6) is 11.5 Å². The van der Waals surface area contributed by atoms with Crippen molar-refractivity contribution >= 4 is 22.6 Å². The second-order valence-corrected chi connectivity index (χ2v) is 3.93. The maximum atomic E-state index is 8.83. The van der Waals surface area contributed by atoms with Gasteiger partial charge in [-0.15, -0.1) is 0 Å². The van der Waals surface area contributed by atoms with Crippen LogP contribution in [0.1, 0.15) is 19.4 Å². The second-order valence-electron chi connectivity index (χ2n) is 2.76. The van der Waals surface area contributed by atoms with Gasteiger partial charge in [0.2, 0.25) is 0 Å². The molecular weight excluding hydrogens is 305 g/mol. The van der Waals surface area contributed by atoms with Crippen molar-refractivity contribution in [3.63, 3.8) is 0 Å². The van der Waals surface area contributed by atoms with E-state index >= 15 is 0 Å². The Balaban J connectivity index is 3.17. The van der Waals surface area contributed by atoms with E-state index in [2.05, 4.69) is 28.7 Å². The first kappa shape index (κ1) is 12.1. The summed E-state index contributed by atoms with van der Waals surface area (Å²) in [6.07, 6.45) is 0. The molecule has 0 radical (unpaired) electrons. The summed E-state index contributed by atoms with van der Waals surface area (Å²) in [5.41, 5.74) is 0.589. The molecule has 0 saturated heterocycles. The Labute approximate surface area is 103 Å². The highest BCUT2D eigenvalue weighted by molar-refractivity contribution is 14.1. The fourth-order valence-electron chi connectivity index (χ4n) is 1.18. The molecule has 0 atom stereocenters. The smallest absolute Gasteiger partial charge is 0.174 e. The monoisotopic (exact) mass is 317 g/mol. The van der Waals surface area contributed by atoms with E-state index in [1.165, 1.54) is 0 Å². The van der Waals surface area contributed by atoms with Crippen molar-refractivity contribution in [3.8, 4) is 17.6 Å². The lowest BCUT2D eigenvalue weighted by Gasteiger charge is -2.12. The van der Waals surface area contributed by atoms with E-state index in [9.17, 15) is 0 Å². The van der Waals surface area contributed by atoms with Gasteiger partial charge in [0.15, 0.2) is 11.5 Å². The predicted octanol–water partition coefficient (Wildman–Crippen LogP) is 2.96. The number of halogens is 1. The molecule has 3 nitrogen and oxygen atoms in total. The molecule has 1 rings (SSSR count). The van der Waals surface area contributed by atoms with Crippen molar-refractivity contribution in [2.24, 2.45) is 0 Å². The van der Waals surface area contributed by atoms with E-state index in [1.807, 2.05) is 13.8 Å². The maximum absolute atomic E-state index is 8.83. The van der Waals surface area contributed by atoms with Crippen molar-refractivity contribution in [1.82, 2.24) is 0 Å². The molecule has 0 unspecified atom stereocenters. The molecule has 0 aliphatic rings. The lowest BCUT2D eigenvalue weighted by atomic mass is 10.2. The van der Waals surface area contributed by atoms with Gasteiger partial charge in [-0.25, -0.2) is 0 Å². The van der Waals surface area contributed by atoms with Crippen molar-refractivity contribution in [1.29, 1.82) is 5.26 Å². The molecule has 0 saturated carbocycles. The molecule has 0 N–H and O–H groups in total. The summed E-state index contributed by atoms with van der Waals surface area (Å²) in [6, 6.07) is 5.59. The third-order valence-electron chi connectivity index (χ3n) is 1.73. The third-order valence-corrected chi connectivity index (χ3v) is 2.53. The molecule has 0 spiro atoms. The third kappa shape index (κ3) is 2.99. The Hall–Kier alpha value is -0.960. The van der Waals surface area contributed by atoms with Crippen LogP contribution in [0.25, 0.3) is 0 Å². The first-order valence-electron chi connectivity index (χ1n) is 4.72. The topological polar surface area (TPSA) is 42.2 Å². The first-order chi connectivity index (χ1) is 7.22. The first-order valence-corrected chi connectivity index (χ1v) is 5.80.